The van der Waals surface area contributed by atoms with Gasteiger partial charge < -0.3 is 0 Å². The second kappa shape index (κ2) is 2.98. The summed E-state index contributed by atoms with van der Waals surface area (Å²) in [7, 11) is 0. The lowest BCUT2D eigenvalue weighted by atomic mass is 10.1. The van der Waals surface area contributed by atoms with Crippen LogP contribution < -0.4 is 0 Å². The molecule has 2 nitrogen and oxygen atoms in total. The molecule has 11 heavy (non-hydrogen) atoms. The maximum atomic E-state index is 10.9. The predicted octanol–water partition coefficient (Wildman–Crippen LogP) is 2.44. The van der Waals surface area contributed by atoms with Crippen LogP contribution in [-0.2, 0) is 0 Å². The quantitative estimate of drug-likeness (QED) is 0.439. The van der Waals surface area contributed by atoms with E-state index in [1.165, 1.54) is 6.92 Å². The highest BCUT2D eigenvalue weighted by atomic mass is 16.1. The minimum atomic E-state index is -0.0587. The van der Waals surface area contributed by atoms with Gasteiger partial charge in [-0.1, -0.05) is 24.3 Å². The Bertz CT molecular complexity index is 323. The summed E-state index contributed by atoms with van der Waals surface area (Å²) >= 11 is 0. The predicted molar refractivity (Wildman–Crippen MR) is 42.7 cm³/mol. The zero-order chi connectivity index (χ0) is 8.27. The normalized spacial score (nSPS) is 8.73. The summed E-state index contributed by atoms with van der Waals surface area (Å²) in [6.07, 6.45) is 0. The smallest absolute Gasteiger partial charge is 0.197 e. The Morgan fingerprint density at radius 3 is 2.55 bits per heavy atom. The first-order valence-corrected chi connectivity index (χ1v) is 3.23. The Balaban J connectivity index is 3.26. The van der Waals surface area contributed by atoms with Crippen molar-refractivity contribution in [2.45, 2.75) is 6.92 Å². The number of hydrogen-bond donors (Lipinski definition) is 0. The van der Waals surface area contributed by atoms with Crippen molar-refractivity contribution in [3.63, 3.8) is 0 Å². The van der Waals surface area contributed by atoms with Gasteiger partial charge in [0.1, 0.15) is 5.78 Å². The zero-order valence-corrected chi connectivity index (χ0v) is 6.16. The maximum Gasteiger partial charge on any atom is 0.197 e. The van der Waals surface area contributed by atoms with Crippen molar-refractivity contribution in [1.82, 2.24) is 0 Å². The van der Waals surface area contributed by atoms with Gasteiger partial charge in [-0.05, 0) is 6.92 Å². The standard InChI is InChI=1S/C9H7NO/c1-7(11)8-5-3-4-6-9(8)10-2/h3-6H,1H3. The molecule has 0 fully saturated rings. The van der Waals surface area contributed by atoms with Crippen molar-refractivity contribution < 1.29 is 4.79 Å². The van der Waals surface area contributed by atoms with Crippen LogP contribution in [0.25, 0.3) is 4.85 Å². The second-order valence-corrected chi connectivity index (χ2v) is 2.19. The van der Waals surface area contributed by atoms with Crippen LogP contribution in [0.3, 0.4) is 0 Å². The zero-order valence-electron chi connectivity index (χ0n) is 6.16. The van der Waals surface area contributed by atoms with Crippen molar-refractivity contribution in [3.8, 4) is 0 Å². The fourth-order valence-electron chi connectivity index (χ4n) is 0.869. The third-order valence-corrected chi connectivity index (χ3v) is 1.40. The van der Waals surface area contributed by atoms with Gasteiger partial charge in [-0.15, -0.1) is 0 Å². The number of ketones is 1. The van der Waals surface area contributed by atoms with Crippen molar-refractivity contribution in [2.75, 3.05) is 0 Å². The average Bonchev–Trinajstić information content (AvgIpc) is 2.04. The van der Waals surface area contributed by atoms with Gasteiger partial charge in [-0.25, -0.2) is 4.85 Å². The fraction of sp³-hybridized carbons (Fsp3) is 0.111. The van der Waals surface area contributed by atoms with E-state index in [1.54, 1.807) is 24.3 Å². The van der Waals surface area contributed by atoms with Crippen LogP contribution in [0.5, 0.6) is 0 Å². The molecular weight excluding hydrogens is 138 g/mol. The summed E-state index contributed by atoms with van der Waals surface area (Å²) in [6.45, 7) is 8.21. The highest BCUT2D eigenvalue weighted by Crippen LogP contribution is 2.18. The van der Waals surface area contributed by atoms with Crippen molar-refractivity contribution in [2.24, 2.45) is 0 Å². The Kier molecular flexibility index (Phi) is 2.03. The molecule has 0 bridgehead atoms. The first-order valence-electron chi connectivity index (χ1n) is 3.23. The Morgan fingerprint density at radius 1 is 1.45 bits per heavy atom. The van der Waals surface area contributed by atoms with Gasteiger partial charge in [0.25, 0.3) is 0 Å². The van der Waals surface area contributed by atoms with E-state index in [0.717, 1.165) is 0 Å². The Morgan fingerprint density at radius 2 is 2.09 bits per heavy atom. The molecule has 0 saturated carbocycles. The van der Waals surface area contributed by atoms with Gasteiger partial charge in [-0.2, -0.15) is 0 Å². The highest BCUT2D eigenvalue weighted by molar-refractivity contribution is 5.99. The topological polar surface area (TPSA) is 21.4 Å². The summed E-state index contributed by atoms with van der Waals surface area (Å²) < 4.78 is 0. The number of para-hydroxylation sites is 1. The van der Waals surface area contributed by atoms with Crippen molar-refractivity contribution in [1.29, 1.82) is 0 Å². The number of carbonyl (C=O) groups is 1. The molecule has 1 aromatic rings. The number of hydrogen-bond acceptors (Lipinski definition) is 1. The molecule has 0 heterocycles. The van der Waals surface area contributed by atoms with Crippen molar-refractivity contribution >= 4 is 11.5 Å². The van der Waals surface area contributed by atoms with Gasteiger partial charge in [0.15, 0.2) is 5.69 Å². The molecule has 0 atom stereocenters. The molecular formula is C9H7NO. The molecule has 0 amide bonds. The van der Waals surface area contributed by atoms with Gasteiger partial charge in [-0.3, -0.25) is 4.79 Å². The number of carbonyl (C=O) groups excluding carboxylic acids is 1. The van der Waals surface area contributed by atoms with E-state index in [0.29, 0.717) is 11.3 Å². The SMILES string of the molecule is [C-]#[N+]c1ccccc1C(C)=O. The van der Waals surface area contributed by atoms with Crippen LogP contribution >= 0.6 is 0 Å². The van der Waals surface area contributed by atoms with Crippen molar-refractivity contribution in [3.05, 3.63) is 41.2 Å². The molecule has 54 valence electrons. The largest absolute Gasteiger partial charge is 0.296 e. The van der Waals surface area contributed by atoms with Crippen LogP contribution in [-0.4, -0.2) is 5.78 Å². The summed E-state index contributed by atoms with van der Waals surface area (Å²) in [4.78, 5) is 14.1. The van der Waals surface area contributed by atoms with E-state index < -0.39 is 0 Å². The minimum absolute atomic E-state index is 0.0587. The van der Waals surface area contributed by atoms with Crippen LogP contribution in [0.15, 0.2) is 24.3 Å². The maximum absolute atomic E-state index is 10.9. The first kappa shape index (κ1) is 7.49. The molecule has 1 rings (SSSR count). The molecule has 0 saturated heterocycles. The van der Waals surface area contributed by atoms with Crippen LogP contribution in [0.4, 0.5) is 5.69 Å². The van der Waals surface area contributed by atoms with E-state index in [4.69, 9.17) is 6.57 Å². The molecule has 0 radical (unpaired) electrons. The fourth-order valence-corrected chi connectivity index (χ4v) is 0.869. The van der Waals surface area contributed by atoms with E-state index in [1.807, 2.05) is 0 Å². The minimum Gasteiger partial charge on any atom is -0.296 e. The highest BCUT2D eigenvalue weighted by Gasteiger charge is 2.03. The Hall–Kier alpha value is -1.62. The van der Waals surface area contributed by atoms with Gasteiger partial charge in [0, 0.05) is 5.56 Å². The van der Waals surface area contributed by atoms with Gasteiger partial charge >= 0.3 is 0 Å². The van der Waals surface area contributed by atoms with E-state index in [2.05, 4.69) is 4.85 Å². The summed E-state index contributed by atoms with van der Waals surface area (Å²) in [5.41, 5.74) is 0.933. The summed E-state index contributed by atoms with van der Waals surface area (Å²) in [5, 5.41) is 0. The molecule has 0 spiro atoms. The average molecular weight is 145 g/mol. The monoisotopic (exact) mass is 145 g/mol. The van der Waals surface area contributed by atoms with Crippen LogP contribution in [0, 0.1) is 6.57 Å². The number of Topliss-reactive ketones (excluding diaryl/α,β-unsaturated/α-hetero) is 1. The first-order chi connectivity index (χ1) is 5.25. The number of rotatable bonds is 1. The lowest BCUT2D eigenvalue weighted by molar-refractivity contribution is 0.101. The van der Waals surface area contributed by atoms with E-state index in [-0.39, 0.29) is 5.78 Å². The second-order valence-electron chi connectivity index (χ2n) is 2.19. The van der Waals surface area contributed by atoms with E-state index >= 15 is 0 Å². The van der Waals surface area contributed by atoms with E-state index in [9.17, 15) is 4.79 Å². The molecule has 0 aliphatic carbocycles. The lowest BCUT2D eigenvalue weighted by Gasteiger charge is -1.95. The third-order valence-electron chi connectivity index (χ3n) is 1.40. The molecule has 0 aliphatic rings. The van der Waals surface area contributed by atoms with Crippen LogP contribution in [0.1, 0.15) is 17.3 Å². The molecule has 0 unspecified atom stereocenters. The molecule has 2 heteroatoms. The number of nitrogens with zero attached hydrogens (tertiary/aromatic N) is 1. The van der Waals surface area contributed by atoms with Gasteiger partial charge in [0.05, 0.1) is 6.57 Å². The molecule has 0 aromatic heterocycles. The molecule has 1 aromatic carbocycles. The third kappa shape index (κ3) is 1.44. The van der Waals surface area contributed by atoms with Crippen LogP contribution in [0.2, 0.25) is 0 Å². The summed E-state index contributed by atoms with van der Waals surface area (Å²) in [5.74, 6) is -0.0587. The number of benzene rings is 1. The van der Waals surface area contributed by atoms with Gasteiger partial charge in [0.2, 0.25) is 0 Å². The Labute approximate surface area is 65.3 Å². The lowest BCUT2D eigenvalue weighted by Crippen LogP contribution is -1.90. The molecule has 0 aliphatic heterocycles. The summed E-state index contributed by atoms with van der Waals surface area (Å²) in [6, 6.07) is 6.81. The molecule has 0 N–H and O–H groups in total.